The zero-order valence-corrected chi connectivity index (χ0v) is 14.5. The summed E-state index contributed by atoms with van der Waals surface area (Å²) in [6.07, 6.45) is 6.67. The van der Waals surface area contributed by atoms with E-state index in [0.717, 1.165) is 11.1 Å². The van der Waals surface area contributed by atoms with Crippen molar-refractivity contribution in [2.24, 2.45) is 0 Å². The van der Waals surface area contributed by atoms with Crippen LogP contribution in [0.3, 0.4) is 0 Å². The van der Waals surface area contributed by atoms with Gasteiger partial charge in [-0.15, -0.1) is 18.0 Å². The summed E-state index contributed by atoms with van der Waals surface area (Å²) < 4.78 is 5.42. The van der Waals surface area contributed by atoms with E-state index >= 15 is 0 Å². The molecule has 1 aromatic heterocycles. The molecule has 1 heterocycles. The van der Waals surface area contributed by atoms with E-state index in [9.17, 15) is 4.79 Å². The first kappa shape index (κ1) is 17.5. The summed E-state index contributed by atoms with van der Waals surface area (Å²) in [5.74, 6) is 3.35. The number of terminal acetylenes is 1. The number of fused-ring (bicyclic) bond motifs is 1. The second-order valence-electron chi connectivity index (χ2n) is 5.28. The van der Waals surface area contributed by atoms with Gasteiger partial charge in [-0.25, -0.2) is 9.97 Å². The number of carbonyl (C=O) groups is 1. The van der Waals surface area contributed by atoms with Gasteiger partial charge in [-0.2, -0.15) is 0 Å². The Hall–Kier alpha value is -3.30. The van der Waals surface area contributed by atoms with E-state index in [4.69, 9.17) is 22.8 Å². The number of hydrogen-bond donors (Lipinski definition) is 2. The fourth-order valence-corrected chi connectivity index (χ4v) is 2.42. The van der Waals surface area contributed by atoms with E-state index in [1.165, 1.54) is 6.33 Å². The van der Waals surface area contributed by atoms with Crippen LogP contribution in [0.1, 0.15) is 0 Å². The van der Waals surface area contributed by atoms with Crippen LogP contribution in [-0.4, -0.2) is 28.4 Å². The zero-order valence-electron chi connectivity index (χ0n) is 13.7. The Kier molecular flexibility index (Phi) is 5.52. The minimum Gasteiger partial charge on any atom is -0.481 e. The number of carbonyl (C=O) groups excluding carboxylic acids is 1. The predicted molar refractivity (Wildman–Crippen MR) is 103 cm³/mol. The van der Waals surface area contributed by atoms with Crippen LogP contribution in [0.5, 0.6) is 5.75 Å². The molecular weight excluding hydrogens is 352 g/mol. The number of benzene rings is 2. The number of nitrogens with zero attached hydrogens (tertiary/aromatic N) is 2. The molecule has 2 N–H and O–H groups in total. The number of halogens is 1. The van der Waals surface area contributed by atoms with Crippen molar-refractivity contribution in [3.8, 4) is 18.1 Å². The summed E-state index contributed by atoms with van der Waals surface area (Å²) in [7, 11) is 0. The minimum absolute atomic E-state index is 0.104. The number of aromatic nitrogens is 2. The molecule has 2 aromatic carbocycles. The lowest BCUT2D eigenvalue weighted by Crippen LogP contribution is -2.12. The van der Waals surface area contributed by atoms with Crippen LogP contribution in [0.15, 0.2) is 48.8 Å². The molecule has 0 aliphatic rings. The summed E-state index contributed by atoms with van der Waals surface area (Å²) in [5, 5.41) is 6.75. The van der Waals surface area contributed by atoms with Crippen molar-refractivity contribution in [1.82, 2.24) is 9.97 Å². The Labute approximate surface area is 155 Å². The highest BCUT2D eigenvalue weighted by Crippen LogP contribution is 2.26. The molecule has 0 saturated heterocycles. The maximum atomic E-state index is 11.4. The van der Waals surface area contributed by atoms with Crippen molar-refractivity contribution in [1.29, 1.82) is 0 Å². The number of anilines is 3. The number of rotatable bonds is 6. The molecule has 7 heteroatoms. The van der Waals surface area contributed by atoms with Crippen LogP contribution in [0.25, 0.3) is 10.9 Å². The van der Waals surface area contributed by atoms with Crippen molar-refractivity contribution >= 4 is 45.6 Å². The first-order valence-corrected chi connectivity index (χ1v) is 8.27. The lowest BCUT2D eigenvalue weighted by Gasteiger charge is -2.11. The van der Waals surface area contributed by atoms with Gasteiger partial charge in [0.1, 0.15) is 30.4 Å². The zero-order chi connectivity index (χ0) is 18.4. The summed E-state index contributed by atoms with van der Waals surface area (Å²) in [6.45, 7) is 0.205. The van der Waals surface area contributed by atoms with Gasteiger partial charge in [0.05, 0.1) is 5.52 Å². The van der Waals surface area contributed by atoms with Gasteiger partial charge in [0.15, 0.2) is 0 Å². The number of amides is 1. The molecule has 0 aliphatic heterocycles. The Morgan fingerprint density at radius 3 is 2.88 bits per heavy atom. The average molecular weight is 367 g/mol. The molecule has 0 spiro atoms. The van der Waals surface area contributed by atoms with Crippen LogP contribution in [-0.2, 0) is 4.79 Å². The molecule has 0 saturated carbocycles. The highest BCUT2D eigenvalue weighted by atomic mass is 35.5. The molecule has 130 valence electrons. The molecule has 0 atom stereocenters. The quantitative estimate of drug-likeness (QED) is 0.515. The third kappa shape index (κ3) is 4.21. The summed E-state index contributed by atoms with van der Waals surface area (Å²) in [6, 6.07) is 12.8. The highest BCUT2D eigenvalue weighted by molar-refractivity contribution is 6.29. The number of alkyl halides is 1. The van der Waals surface area contributed by atoms with E-state index in [1.807, 2.05) is 30.3 Å². The summed E-state index contributed by atoms with van der Waals surface area (Å²) in [4.78, 5) is 20.0. The molecule has 3 rings (SSSR count). The van der Waals surface area contributed by atoms with Crippen molar-refractivity contribution in [3.05, 3.63) is 48.8 Å². The third-order valence-corrected chi connectivity index (χ3v) is 3.70. The second kappa shape index (κ2) is 8.19. The lowest BCUT2D eigenvalue weighted by molar-refractivity contribution is -0.113. The minimum atomic E-state index is -0.276. The predicted octanol–water partition coefficient (Wildman–Crippen LogP) is 3.56. The van der Waals surface area contributed by atoms with Crippen LogP contribution in [0.2, 0.25) is 0 Å². The van der Waals surface area contributed by atoms with Gasteiger partial charge in [0.2, 0.25) is 5.91 Å². The normalized spacial score (nSPS) is 10.2. The molecule has 26 heavy (non-hydrogen) atoms. The number of hydrogen-bond acceptors (Lipinski definition) is 5. The summed E-state index contributed by atoms with van der Waals surface area (Å²) >= 11 is 5.51. The van der Waals surface area contributed by atoms with Crippen molar-refractivity contribution in [2.45, 2.75) is 0 Å². The fourth-order valence-electron chi connectivity index (χ4n) is 2.35. The maximum Gasteiger partial charge on any atom is 0.239 e. The molecule has 0 unspecified atom stereocenters. The Morgan fingerprint density at radius 1 is 1.19 bits per heavy atom. The first-order chi connectivity index (χ1) is 12.7. The highest BCUT2D eigenvalue weighted by Gasteiger charge is 2.07. The number of nitrogens with one attached hydrogen (secondary N) is 2. The molecule has 1 amide bonds. The molecule has 0 radical (unpaired) electrons. The van der Waals surface area contributed by atoms with Gasteiger partial charge in [0, 0.05) is 22.8 Å². The fraction of sp³-hybridized carbons (Fsp3) is 0.105. The Morgan fingerprint density at radius 2 is 2.08 bits per heavy atom. The van der Waals surface area contributed by atoms with E-state index in [1.54, 1.807) is 12.1 Å². The Balaban J connectivity index is 1.86. The standard InChI is InChI=1S/C19H15ClN4O2/c1-2-8-26-15-5-3-4-13(9-15)24-19-16-7-6-14(23-18(25)11-20)10-17(16)21-12-22-19/h1,3-7,9-10,12H,8,11H2,(H,23,25)(H,21,22,24). The van der Waals surface area contributed by atoms with Crippen molar-refractivity contribution in [2.75, 3.05) is 23.1 Å². The van der Waals surface area contributed by atoms with Crippen LogP contribution in [0.4, 0.5) is 17.2 Å². The maximum absolute atomic E-state index is 11.4. The first-order valence-electron chi connectivity index (χ1n) is 7.73. The topological polar surface area (TPSA) is 76.1 Å². The van der Waals surface area contributed by atoms with Gasteiger partial charge in [-0.1, -0.05) is 12.0 Å². The van der Waals surface area contributed by atoms with Crippen LogP contribution in [0, 0.1) is 12.3 Å². The van der Waals surface area contributed by atoms with Gasteiger partial charge < -0.3 is 15.4 Å². The van der Waals surface area contributed by atoms with Gasteiger partial charge in [-0.3, -0.25) is 4.79 Å². The van der Waals surface area contributed by atoms with E-state index in [-0.39, 0.29) is 18.4 Å². The molecule has 0 fully saturated rings. The van der Waals surface area contributed by atoms with E-state index in [0.29, 0.717) is 22.8 Å². The van der Waals surface area contributed by atoms with Crippen LogP contribution < -0.4 is 15.4 Å². The van der Waals surface area contributed by atoms with Crippen molar-refractivity contribution < 1.29 is 9.53 Å². The third-order valence-electron chi connectivity index (χ3n) is 3.46. The monoisotopic (exact) mass is 366 g/mol. The SMILES string of the molecule is C#CCOc1cccc(Nc2ncnc3cc(NC(=O)CCl)ccc23)c1. The van der Waals surface area contributed by atoms with Crippen molar-refractivity contribution in [3.63, 3.8) is 0 Å². The van der Waals surface area contributed by atoms with Gasteiger partial charge in [-0.05, 0) is 30.3 Å². The van der Waals surface area contributed by atoms with E-state index in [2.05, 4.69) is 26.5 Å². The molecule has 6 nitrogen and oxygen atoms in total. The Bertz CT molecular complexity index is 985. The second-order valence-corrected chi connectivity index (χ2v) is 5.55. The smallest absolute Gasteiger partial charge is 0.239 e. The molecular formula is C19H15ClN4O2. The van der Waals surface area contributed by atoms with Gasteiger partial charge >= 0.3 is 0 Å². The van der Waals surface area contributed by atoms with Gasteiger partial charge in [0.25, 0.3) is 0 Å². The molecule has 0 aliphatic carbocycles. The molecule has 0 bridgehead atoms. The largest absolute Gasteiger partial charge is 0.481 e. The van der Waals surface area contributed by atoms with E-state index < -0.39 is 0 Å². The lowest BCUT2D eigenvalue weighted by atomic mass is 10.2. The average Bonchev–Trinajstić information content (AvgIpc) is 2.66. The number of ether oxygens (including phenoxy) is 1. The van der Waals surface area contributed by atoms with Crippen LogP contribution >= 0.6 is 11.6 Å². The molecule has 3 aromatic rings. The summed E-state index contributed by atoms with van der Waals surface area (Å²) in [5.41, 5.74) is 2.12.